The Balaban J connectivity index is 2.09. The second-order valence-electron chi connectivity index (χ2n) is 4.61. The van der Waals surface area contributed by atoms with Gasteiger partial charge in [-0.2, -0.15) is 0 Å². The van der Waals surface area contributed by atoms with Gasteiger partial charge in [0.15, 0.2) is 5.78 Å². The van der Waals surface area contributed by atoms with E-state index < -0.39 is 0 Å². The number of Topliss-reactive ketones (excluding diaryl/α,β-unsaturated/α-hetero) is 1. The number of benzene rings is 2. The smallest absolute Gasteiger partial charge is 0.165 e. The minimum Gasteiger partial charge on any atom is -0.457 e. The molecular formula is C17H18O2. The molecule has 0 saturated heterocycles. The number of ketones is 1. The van der Waals surface area contributed by atoms with Gasteiger partial charge in [0.1, 0.15) is 11.5 Å². The first-order chi connectivity index (χ1) is 9.20. The average Bonchev–Trinajstić information content (AvgIpc) is 2.47. The Morgan fingerprint density at radius 2 is 1.58 bits per heavy atom. The third-order valence-corrected chi connectivity index (χ3v) is 3.18. The highest BCUT2D eigenvalue weighted by atomic mass is 16.5. The molecule has 2 aromatic rings. The summed E-state index contributed by atoms with van der Waals surface area (Å²) in [7, 11) is 0. The Labute approximate surface area is 114 Å². The van der Waals surface area contributed by atoms with Crippen LogP contribution in [0.2, 0.25) is 0 Å². The van der Waals surface area contributed by atoms with Gasteiger partial charge in [0.2, 0.25) is 0 Å². The molecule has 0 saturated carbocycles. The molecule has 0 bridgehead atoms. The first kappa shape index (κ1) is 13.3. The van der Waals surface area contributed by atoms with Crippen molar-refractivity contribution >= 4 is 5.78 Å². The minimum absolute atomic E-state index is 0.0703. The van der Waals surface area contributed by atoms with Crippen LogP contribution in [-0.4, -0.2) is 5.78 Å². The normalized spacial score (nSPS) is 11.9. The molecule has 2 rings (SSSR count). The van der Waals surface area contributed by atoms with Gasteiger partial charge in [0, 0.05) is 11.5 Å². The van der Waals surface area contributed by atoms with Crippen molar-refractivity contribution in [3.63, 3.8) is 0 Å². The summed E-state index contributed by atoms with van der Waals surface area (Å²) in [6.07, 6.45) is 0.862. The monoisotopic (exact) mass is 254 g/mol. The van der Waals surface area contributed by atoms with Crippen LogP contribution in [-0.2, 0) is 0 Å². The SMILES string of the molecule is CCC(C)C(=O)c1ccc(Oc2ccccc2)cc1. The van der Waals surface area contributed by atoms with Crippen LogP contribution >= 0.6 is 0 Å². The lowest BCUT2D eigenvalue weighted by atomic mass is 9.97. The second kappa shape index (κ2) is 6.19. The van der Waals surface area contributed by atoms with Gasteiger partial charge in [-0.1, -0.05) is 32.0 Å². The summed E-state index contributed by atoms with van der Waals surface area (Å²) < 4.78 is 5.69. The number of ether oxygens (including phenoxy) is 1. The summed E-state index contributed by atoms with van der Waals surface area (Å²) in [6.45, 7) is 3.98. The van der Waals surface area contributed by atoms with Crippen LogP contribution in [0.3, 0.4) is 0 Å². The van der Waals surface area contributed by atoms with Gasteiger partial charge in [-0.25, -0.2) is 0 Å². The van der Waals surface area contributed by atoms with Gasteiger partial charge < -0.3 is 4.74 Å². The summed E-state index contributed by atoms with van der Waals surface area (Å²) in [5.41, 5.74) is 0.745. The third-order valence-electron chi connectivity index (χ3n) is 3.18. The maximum atomic E-state index is 12.0. The zero-order chi connectivity index (χ0) is 13.7. The number of hydrogen-bond donors (Lipinski definition) is 0. The third kappa shape index (κ3) is 3.44. The minimum atomic E-state index is 0.0703. The van der Waals surface area contributed by atoms with E-state index in [0.717, 1.165) is 23.5 Å². The van der Waals surface area contributed by atoms with Gasteiger partial charge in [-0.3, -0.25) is 4.79 Å². The Hall–Kier alpha value is -2.09. The van der Waals surface area contributed by atoms with Crippen LogP contribution in [0.25, 0.3) is 0 Å². The first-order valence-electron chi connectivity index (χ1n) is 6.58. The van der Waals surface area contributed by atoms with Gasteiger partial charge in [0.05, 0.1) is 0 Å². The molecule has 0 amide bonds. The summed E-state index contributed by atoms with van der Waals surface area (Å²) in [6, 6.07) is 16.9. The van der Waals surface area contributed by atoms with E-state index in [1.807, 2.05) is 68.4 Å². The molecule has 98 valence electrons. The maximum absolute atomic E-state index is 12.0. The van der Waals surface area contributed by atoms with Crippen molar-refractivity contribution < 1.29 is 9.53 Å². The van der Waals surface area contributed by atoms with E-state index >= 15 is 0 Å². The summed E-state index contributed by atoms with van der Waals surface area (Å²) in [4.78, 5) is 12.0. The van der Waals surface area contributed by atoms with E-state index in [1.54, 1.807) is 0 Å². The van der Waals surface area contributed by atoms with Crippen LogP contribution in [0.5, 0.6) is 11.5 Å². The zero-order valence-corrected chi connectivity index (χ0v) is 11.3. The molecule has 1 atom stereocenters. The van der Waals surface area contributed by atoms with E-state index in [9.17, 15) is 4.79 Å². The van der Waals surface area contributed by atoms with Crippen molar-refractivity contribution in [2.24, 2.45) is 5.92 Å². The largest absolute Gasteiger partial charge is 0.457 e. The Bertz CT molecular complexity index is 529. The summed E-state index contributed by atoms with van der Waals surface area (Å²) >= 11 is 0. The molecule has 0 fully saturated rings. The Morgan fingerprint density at radius 1 is 1.00 bits per heavy atom. The number of para-hydroxylation sites is 1. The lowest BCUT2D eigenvalue weighted by Gasteiger charge is -2.09. The van der Waals surface area contributed by atoms with Gasteiger partial charge in [-0.05, 0) is 42.8 Å². The Morgan fingerprint density at radius 3 is 2.16 bits per heavy atom. The van der Waals surface area contributed by atoms with E-state index in [0.29, 0.717) is 0 Å². The fourth-order valence-corrected chi connectivity index (χ4v) is 1.78. The molecule has 0 aromatic heterocycles. The Kier molecular flexibility index (Phi) is 4.35. The maximum Gasteiger partial charge on any atom is 0.165 e. The lowest BCUT2D eigenvalue weighted by Crippen LogP contribution is -2.09. The quantitative estimate of drug-likeness (QED) is 0.722. The van der Waals surface area contributed by atoms with Crippen molar-refractivity contribution in [3.8, 4) is 11.5 Å². The second-order valence-corrected chi connectivity index (χ2v) is 4.61. The molecule has 0 radical (unpaired) electrons. The van der Waals surface area contributed by atoms with Gasteiger partial charge in [0.25, 0.3) is 0 Å². The summed E-state index contributed by atoms with van der Waals surface area (Å²) in [5, 5.41) is 0. The van der Waals surface area contributed by atoms with Crippen molar-refractivity contribution in [3.05, 3.63) is 60.2 Å². The molecule has 0 aliphatic carbocycles. The highest BCUT2D eigenvalue weighted by Gasteiger charge is 2.12. The molecule has 1 unspecified atom stereocenters. The number of carbonyl (C=O) groups is 1. The highest BCUT2D eigenvalue weighted by molar-refractivity contribution is 5.97. The number of rotatable bonds is 5. The van der Waals surface area contributed by atoms with Gasteiger partial charge in [-0.15, -0.1) is 0 Å². The number of carbonyl (C=O) groups excluding carboxylic acids is 1. The van der Waals surface area contributed by atoms with E-state index in [-0.39, 0.29) is 11.7 Å². The lowest BCUT2D eigenvalue weighted by molar-refractivity contribution is 0.0927. The molecule has 0 N–H and O–H groups in total. The molecule has 0 spiro atoms. The number of hydrogen-bond acceptors (Lipinski definition) is 2. The van der Waals surface area contributed by atoms with Crippen LogP contribution in [0.4, 0.5) is 0 Å². The molecule has 19 heavy (non-hydrogen) atoms. The van der Waals surface area contributed by atoms with Gasteiger partial charge >= 0.3 is 0 Å². The summed E-state index contributed by atoms with van der Waals surface area (Å²) in [5.74, 6) is 1.80. The standard InChI is InChI=1S/C17H18O2/c1-3-13(2)17(18)14-9-11-16(12-10-14)19-15-7-5-4-6-8-15/h4-13H,3H2,1-2H3. The van der Waals surface area contributed by atoms with Crippen LogP contribution in [0, 0.1) is 5.92 Å². The van der Waals surface area contributed by atoms with E-state index in [4.69, 9.17) is 4.74 Å². The molecule has 0 aliphatic heterocycles. The predicted octanol–water partition coefficient (Wildman–Crippen LogP) is 4.71. The molecule has 2 aromatic carbocycles. The van der Waals surface area contributed by atoms with Crippen LogP contribution < -0.4 is 4.74 Å². The topological polar surface area (TPSA) is 26.3 Å². The zero-order valence-electron chi connectivity index (χ0n) is 11.3. The molecule has 0 heterocycles. The van der Waals surface area contributed by atoms with Crippen LogP contribution in [0.1, 0.15) is 30.6 Å². The van der Waals surface area contributed by atoms with E-state index in [1.165, 1.54) is 0 Å². The average molecular weight is 254 g/mol. The van der Waals surface area contributed by atoms with E-state index in [2.05, 4.69) is 0 Å². The fraction of sp³-hybridized carbons (Fsp3) is 0.235. The molecular weight excluding hydrogens is 236 g/mol. The fourth-order valence-electron chi connectivity index (χ4n) is 1.78. The molecule has 0 aliphatic rings. The highest BCUT2D eigenvalue weighted by Crippen LogP contribution is 2.22. The van der Waals surface area contributed by atoms with Crippen molar-refractivity contribution in [1.29, 1.82) is 0 Å². The predicted molar refractivity (Wildman–Crippen MR) is 76.7 cm³/mol. The molecule has 2 nitrogen and oxygen atoms in total. The molecule has 2 heteroatoms. The van der Waals surface area contributed by atoms with Crippen molar-refractivity contribution in [2.45, 2.75) is 20.3 Å². The van der Waals surface area contributed by atoms with Crippen LogP contribution in [0.15, 0.2) is 54.6 Å². The van der Waals surface area contributed by atoms with Crippen molar-refractivity contribution in [1.82, 2.24) is 0 Å². The van der Waals surface area contributed by atoms with Crippen molar-refractivity contribution in [2.75, 3.05) is 0 Å². The first-order valence-corrected chi connectivity index (χ1v) is 6.58.